The summed E-state index contributed by atoms with van der Waals surface area (Å²) in [6.07, 6.45) is 6.54. The third kappa shape index (κ3) is 6.17. The van der Waals surface area contributed by atoms with E-state index in [1.807, 2.05) is 0 Å². The average Bonchev–Trinajstić information content (AvgIpc) is 2.67. The number of amides is 2. The van der Waals surface area contributed by atoms with Gasteiger partial charge in [0.05, 0.1) is 13.3 Å². The summed E-state index contributed by atoms with van der Waals surface area (Å²) in [4.78, 5) is 23.8. The van der Waals surface area contributed by atoms with E-state index in [4.69, 9.17) is 15.9 Å². The molecular formula is C19H16BrN3O4. The molecule has 0 saturated carbocycles. The molecule has 2 N–H and O–H groups in total. The van der Waals surface area contributed by atoms with Crippen LogP contribution in [0.5, 0.6) is 11.5 Å². The first-order chi connectivity index (χ1) is 13.0. The van der Waals surface area contributed by atoms with Crippen molar-refractivity contribution < 1.29 is 19.1 Å². The van der Waals surface area contributed by atoms with Crippen molar-refractivity contribution in [3.05, 3.63) is 52.5 Å². The zero-order valence-corrected chi connectivity index (χ0v) is 15.9. The Morgan fingerprint density at radius 1 is 1.26 bits per heavy atom. The second kappa shape index (κ2) is 9.99. The summed E-state index contributed by atoms with van der Waals surface area (Å²) in [6, 6.07) is 11.9. The molecular weight excluding hydrogens is 414 g/mol. The van der Waals surface area contributed by atoms with Crippen molar-refractivity contribution in [1.82, 2.24) is 5.43 Å². The molecule has 0 unspecified atom stereocenters. The van der Waals surface area contributed by atoms with E-state index in [1.54, 1.807) is 42.5 Å². The maximum Gasteiger partial charge on any atom is 0.329 e. The number of carbonyl (C=O) groups excluding carboxylic acids is 2. The standard InChI is InChI=1S/C19H16BrN3O4/c1-3-9-27-17-8-7-14(20)10-13(17)12-21-23-19(25)18(24)22-15-5-4-6-16(11-15)26-2/h1,4-8,10-12H,9H2,2H3,(H,22,24)(H,23,25)/b21-12-. The topological polar surface area (TPSA) is 89.0 Å². The molecule has 0 aromatic heterocycles. The molecule has 27 heavy (non-hydrogen) atoms. The first-order valence-electron chi connectivity index (χ1n) is 7.67. The number of ether oxygens (including phenoxy) is 2. The Bertz CT molecular complexity index is 906. The van der Waals surface area contributed by atoms with E-state index in [0.29, 0.717) is 22.7 Å². The number of terminal acetylenes is 1. The van der Waals surface area contributed by atoms with Crippen LogP contribution in [0.15, 0.2) is 52.0 Å². The molecule has 0 saturated heterocycles. The summed E-state index contributed by atoms with van der Waals surface area (Å²) in [5.41, 5.74) is 3.16. The second-order valence-corrected chi connectivity index (χ2v) is 5.98. The van der Waals surface area contributed by atoms with Crippen molar-refractivity contribution in [2.75, 3.05) is 19.0 Å². The fourth-order valence-electron chi connectivity index (χ4n) is 1.97. The zero-order chi connectivity index (χ0) is 19.6. The lowest BCUT2D eigenvalue weighted by Gasteiger charge is -2.07. The molecule has 0 bridgehead atoms. The van der Waals surface area contributed by atoms with E-state index in [1.165, 1.54) is 13.3 Å². The van der Waals surface area contributed by atoms with Crippen LogP contribution in [0, 0.1) is 12.3 Å². The smallest absolute Gasteiger partial charge is 0.329 e. The minimum atomic E-state index is -0.921. The lowest BCUT2D eigenvalue weighted by molar-refractivity contribution is -0.136. The number of anilines is 1. The molecule has 0 radical (unpaired) electrons. The lowest BCUT2D eigenvalue weighted by atomic mass is 10.2. The van der Waals surface area contributed by atoms with Crippen molar-refractivity contribution in [3.8, 4) is 23.8 Å². The molecule has 2 aromatic carbocycles. The highest BCUT2D eigenvalue weighted by atomic mass is 79.9. The van der Waals surface area contributed by atoms with E-state index in [2.05, 4.69) is 37.7 Å². The van der Waals surface area contributed by atoms with Crippen LogP contribution in [-0.4, -0.2) is 31.7 Å². The van der Waals surface area contributed by atoms with Gasteiger partial charge in [0.15, 0.2) is 0 Å². The van der Waals surface area contributed by atoms with Crippen molar-refractivity contribution in [1.29, 1.82) is 0 Å². The molecule has 8 heteroatoms. The molecule has 0 spiro atoms. The Kier molecular flexibility index (Phi) is 7.40. The van der Waals surface area contributed by atoms with Gasteiger partial charge in [0.1, 0.15) is 18.1 Å². The van der Waals surface area contributed by atoms with Gasteiger partial charge in [-0.05, 0) is 30.3 Å². The summed E-state index contributed by atoms with van der Waals surface area (Å²) < 4.78 is 11.2. The SMILES string of the molecule is C#CCOc1ccc(Br)cc1/C=N\NC(=O)C(=O)Nc1cccc(OC)c1. The highest BCUT2D eigenvalue weighted by Gasteiger charge is 2.13. The predicted octanol–water partition coefficient (Wildman–Crippen LogP) is 2.56. The monoisotopic (exact) mass is 429 g/mol. The number of methoxy groups -OCH3 is 1. The molecule has 2 amide bonds. The molecule has 0 heterocycles. The Balaban J connectivity index is 1.99. The molecule has 0 atom stereocenters. The van der Waals surface area contributed by atoms with Crippen molar-refractivity contribution in [2.24, 2.45) is 5.10 Å². The first-order valence-corrected chi connectivity index (χ1v) is 8.47. The molecule has 2 rings (SSSR count). The number of rotatable bonds is 6. The van der Waals surface area contributed by atoms with Gasteiger partial charge in [0.25, 0.3) is 0 Å². The normalized spacial score (nSPS) is 10.1. The van der Waals surface area contributed by atoms with Crippen LogP contribution in [-0.2, 0) is 9.59 Å². The Morgan fingerprint density at radius 3 is 2.81 bits per heavy atom. The predicted molar refractivity (Wildman–Crippen MR) is 106 cm³/mol. The molecule has 0 fully saturated rings. The van der Waals surface area contributed by atoms with Gasteiger partial charge < -0.3 is 14.8 Å². The molecule has 138 valence electrons. The fourth-order valence-corrected chi connectivity index (χ4v) is 2.35. The summed E-state index contributed by atoms with van der Waals surface area (Å²) in [5.74, 6) is 1.64. The second-order valence-electron chi connectivity index (χ2n) is 5.06. The van der Waals surface area contributed by atoms with Crippen molar-refractivity contribution in [3.63, 3.8) is 0 Å². The number of hydrogen-bond donors (Lipinski definition) is 2. The lowest BCUT2D eigenvalue weighted by Crippen LogP contribution is -2.32. The maximum atomic E-state index is 11.9. The number of nitrogens with zero attached hydrogens (tertiary/aromatic N) is 1. The van der Waals surface area contributed by atoms with Gasteiger partial charge in [0, 0.05) is 21.8 Å². The van der Waals surface area contributed by atoms with Crippen LogP contribution in [0.25, 0.3) is 0 Å². The average molecular weight is 430 g/mol. The molecule has 0 aliphatic heterocycles. The molecule has 0 aliphatic carbocycles. The van der Waals surface area contributed by atoms with E-state index < -0.39 is 11.8 Å². The van der Waals surface area contributed by atoms with Crippen LogP contribution in [0.2, 0.25) is 0 Å². The van der Waals surface area contributed by atoms with E-state index in [9.17, 15) is 9.59 Å². The zero-order valence-electron chi connectivity index (χ0n) is 14.4. The van der Waals surface area contributed by atoms with Crippen molar-refractivity contribution in [2.45, 2.75) is 0 Å². The maximum absolute atomic E-state index is 11.9. The highest BCUT2D eigenvalue weighted by molar-refractivity contribution is 9.10. The van der Waals surface area contributed by atoms with Crippen LogP contribution in [0.4, 0.5) is 5.69 Å². The van der Waals surface area contributed by atoms with Crippen LogP contribution < -0.4 is 20.2 Å². The van der Waals surface area contributed by atoms with Gasteiger partial charge in [-0.1, -0.05) is 27.9 Å². The quantitative estimate of drug-likeness (QED) is 0.319. The minimum Gasteiger partial charge on any atom is -0.497 e. The van der Waals surface area contributed by atoms with Crippen molar-refractivity contribution >= 4 is 39.6 Å². The number of hydrogen-bond acceptors (Lipinski definition) is 5. The van der Waals surface area contributed by atoms with Gasteiger partial charge >= 0.3 is 11.8 Å². The number of benzene rings is 2. The molecule has 0 aliphatic rings. The summed E-state index contributed by atoms with van der Waals surface area (Å²) >= 11 is 3.34. The molecule has 2 aromatic rings. The van der Waals surface area contributed by atoms with Gasteiger partial charge in [-0.25, -0.2) is 5.43 Å². The van der Waals surface area contributed by atoms with Crippen LogP contribution in [0.1, 0.15) is 5.56 Å². The fraction of sp³-hybridized carbons (Fsp3) is 0.105. The number of halogens is 1. The van der Waals surface area contributed by atoms with E-state index >= 15 is 0 Å². The van der Waals surface area contributed by atoms with Gasteiger partial charge in [0.2, 0.25) is 0 Å². The summed E-state index contributed by atoms with van der Waals surface area (Å²) in [7, 11) is 1.51. The summed E-state index contributed by atoms with van der Waals surface area (Å²) in [5, 5.41) is 6.24. The number of nitrogens with one attached hydrogen (secondary N) is 2. The Morgan fingerprint density at radius 2 is 2.07 bits per heavy atom. The van der Waals surface area contributed by atoms with Crippen LogP contribution in [0.3, 0.4) is 0 Å². The minimum absolute atomic E-state index is 0.0950. The number of hydrazone groups is 1. The van der Waals surface area contributed by atoms with Gasteiger partial charge in [-0.15, -0.1) is 6.42 Å². The summed E-state index contributed by atoms with van der Waals surface area (Å²) in [6.45, 7) is 0.0950. The highest BCUT2D eigenvalue weighted by Crippen LogP contribution is 2.21. The Labute approximate surface area is 164 Å². The first kappa shape index (κ1) is 20.0. The molecule has 7 nitrogen and oxygen atoms in total. The van der Waals surface area contributed by atoms with E-state index in [-0.39, 0.29) is 6.61 Å². The Hall–Kier alpha value is -3.31. The van der Waals surface area contributed by atoms with Gasteiger partial charge in [-0.2, -0.15) is 5.10 Å². The van der Waals surface area contributed by atoms with Gasteiger partial charge in [-0.3, -0.25) is 9.59 Å². The largest absolute Gasteiger partial charge is 0.497 e. The third-order valence-corrected chi connectivity index (χ3v) is 3.68. The number of carbonyl (C=O) groups is 2. The van der Waals surface area contributed by atoms with E-state index in [0.717, 1.165) is 4.47 Å². The van der Waals surface area contributed by atoms with Crippen LogP contribution >= 0.6 is 15.9 Å². The third-order valence-electron chi connectivity index (χ3n) is 3.19.